The minimum Gasteiger partial charge on any atom is -0.481 e. The van der Waals surface area contributed by atoms with E-state index in [4.69, 9.17) is 0 Å². The molecule has 0 saturated carbocycles. The molecule has 0 saturated heterocycles. The quantitative estimate of drug-likeness (QED) is 0.0626. The maximum Gasteiger partial charge on any atom is 0.307 e. The van der Waals surface area contributed by atoms with Crippen LogP contribution in [0, 0.1) is 27.4 Å². The van der Waals surface area contributed by atoms with Crippen molar-refractivity contribution >= 4 is 56.2 Å². The standard InChI is InChI=1S/C29H35BrN6O5/c1-4-7-8-9-10-11-12-20(29(38)39)16-27(37)32-26-18-22(35(5-2)6-3)13-14-25(26)33-34-28-21(19-31)15-23(36(40)41)17-24(28)30/h10-11,13-15,17-18,20H,4-9,12,16H2,1-3H3,(H,32,37)(H,38,39)/b11-10+,34-33+. The van der Waals surface area contributed by atoms with Gasteiger partial charge >= 0.3 is 5.97 Å². The number of amides is 1. The van der Waals surface area contributed by atoms with E-state index in [1.807, 2.05) is 38.1 Å². The normalized spacial score (nSPS) is 11.9. The van der Waals surface area contributed by atoms with Crippen LogP contribution in [-0.2, 0) is 9.59 Å². The molecule has 0 aliphatic carbocycles. The zero-order chi connectivity index (χ0) is 30.4. The Bertz CT molecular complexity index is 1330. The minimum absolute atomic E-state index is 0.0489. The van der Waals surface area contributed by atoms with Crippen LogP contribution in [0.2, 0.25) is 0 Å². The van der Waals surface area contributed by atoms with Crippen LogP contribution >= 0.6 is 15.9 Å². The lowest BCUT2D eigenvalue weighted by Gasteiger charge is -2.22. The molecule has 0 spiro atoms. The number of carboxylic acids is 1. The topological polar surface area (TPSA) is 161 Å². The molecular formula is C29H35BrN6O5. The molecule has 0 aliphatic rings. The molecule has 0 bridgehead atoms. The van der Waals surface area contributed by atoms with Crippen molar-refractivity contribution in [3.05, 3.63) is 62.6 Å². The van der Waals surface area contributed by atoms with Gasteiger partial charge < -0.3 is 15.3 Å². The summed E-state index contributed by atoms with van der Waals surface area (Å²) in [7, 11) is 0. The van der Waals surface area contributed by atoms with Crippen LogP contribution in [0.25, 0.3) is 0 Å². The number of anilines is 2. The van der Waals surface area contributed by atoms with Gasteiger partial charge in [0.2, 0.25) is 5.91 Å². The number of nitro groups is 1. The van der Waals surface area contributed by atoms with Crippen molar-refractivity contribution in [3.63, 3.8) is 0 Å². The fraction of sp³-hybridized carbons (Fsp3) is 0.414. The molecule has 1 atom stereocenters. The monoisotopic (exact) mass is 626 g/mol. The molecule has 2 N–H and O–H groups in total. The second-order valence-electron chi connectivity index (χ2n) is 9.26. The number of nitrogens with one attached hydrogen (secondary N) is 1. The van der Waals surface area contributed by atoms with Crippen molar-refractivity contribution in [1.29, 1.82) is 5.26 Å². The predicted molar refractivity (Wildman–Crippen MR) is 162 cm³/mol. The maximum absolute atomic E-state index is 13.0. The number of carbonyl (C=O) groups is 2. The zero-order valence-corrected chi connectivity index (χ0v) is 25.1. The Hall–Kier alpha value is -4.11. The van der Waals surface area contributed by atoms with Crippen molar-refractivity contribution in [3.8, 4) is 6.07 Å². The van der Waals surface area contributed by atoms with Crippen LogP contribution in [0.4, 0.5) is 28.4 Å². The molecule has 0 fully saturated rings. The van der Waals surface area contributed by atoms with Crippen LogP contribution in [0.5, 0.6) is 0 Å². The Morgan fingerprint density at radius 3 is 2.51 bits per heavy atom. The molecule has 0 aliphatic heterocycles. The van der Waals surface area contributed by atoms with Crippen molar-refractivity contribution < 1.29 is 19.6 Å². The zero-order valence-electron chi connectivity index (χ0n) is 23.5. The highest BCUT2D eigenvalue weighted by molar-refractivity contribution is 9.10. The average molecular weight is 628 g/mol. The summed E-state index contributed by atoms with van der Waals surface area (Å²) in [5.41, 5.74) is 1.19. The van der Waals surface area contributed by atoms with Gasteiger partial charge in [-0.1, -0.05) is 31.9 Å². The van der Waals surface area contributed by atoms with Gasteiger partial charge in [-0.05, 0) is 67.2 Å². The molecule has 218 valence electrons. The summed E-state index contributed by atoms with van der Waals surface area (Å²) in [6.45, 7) is 7.55. The number of azo groups is 1. The van der Waals surface area contributed by atoms with Gasteiger partial charge in [-0.3, -0.25) is 19.7 Å². The number of benzene rings is 2. The van der Waals surface area contributed by atoms with E-state index in [1.54, 1.807) is 12.1 Å². The second-order valence-corrected chi connectivity index (χ2v) is 10.1. The van der Waals surface area contributed by atoms with Crippen molar-refractivity contribution in [2.45, 2.75) is 59.3 Å². The third-order valence-electron chi connectivity index (χ3n) is 6.36. The number of halogens is 1. The van der Waals surface area contributed by atoms with Gasteiger partial charge in [0, 0.05) is 37.3 Å². The number of hydrogen-bond donors (Lipinski definition) is 2. The van der Waals surface area contributed by atoms with Gasteiger partial charge in [0.15, 0.2) is 0 Å². The number of rotatable bonds is 16. The van der Waals surface area contributed by atoms with E-state index >= 15 is 0 Å². The fourth-order valence-electron chi connectivity index (χ4n) is 4.06. The molecule has 0 heterocycles. The van der Waals surface area contributed by atoms with E-state index in [9.17, 15) is 30.1 Å². The Kier molecular flexibility index (Phi) is 13.6. The van der Waals surface area contributed by atoms with Gasteiger partial charge in [-0.15, -0.1) is 10.2 Å². The fourth-order valence-corrected chi connectivity index (χ4v) is 4.59. The van der Waals surface area contributed by atoms with E-state index < -0.39 is 22.7 Å². The molecular weight excluding hydrogens is 592 g/mol. The molecule has 0 radical (unpaired) electrons. The third-order valence-corrected chi connectivity index (χ3v) is 6.97. The number of hydrogen-bond acceptors (Lipinski definition) is 8. The summed E-state index contributed by atoms with van der Waals surface area (Å²) in [5.74, 6) is -2.43. The van der Waals surface area contributed by atoms with Crippen molar-refractivity contribution in [1.82, 2.24) is 0 Å². The van der Waals surface area contributed by atoms with Gasteiger partial charge in [-0.2, -0.15) is 5.26 Å². The van der Waals surface area contributed by atoms with E-state index in [1.165, 1.54) is 6.07 Å². The first-order valence-corrected chi connectivity index (χ1v) is 14.3. The van der Waals surface area contributed by atoms with Crippen LogP contribution < -0.4 is 10.2 Å². The smallest absolute Gasteiger partial charge is 0.307 e. The number of carboxylic acid groups (broad SMARTS) is 1. The summed E-state index contributed by atoms with van der Waals surface area (Å²) in [6, 6.07) is 9.44. The molecule has 2 rings (SSSR count). The summed E-state index contributed by atoms with van der Waals surface area (Å²) in [6.07, 6.45) is 7.92. The molecule has 2 aromatic carbocycles. The molecule has 11 nitrogen and oxygen atoms in total. The van der Waals surface area contributed by atoms with Crippen LogP contribution in [0.15, 0.2) is 57.2 Å². The first-order chi connectivity index (χ1) is 19.6. The van der Waals surface area contributed by atoms with Crippen molar-refractivity contribution in [2.24, 2.45) is 16.1 Å². The largest absolute Gasteiger partial charge is 0.481 e. The van der Waals surface area contributed by atoms with E-state index in [0.29, 0.717) is 5.69 Å². The number of carbonyl (C=O) groups excluding carboxylic acids is 1. The summed E-state index contributed by atoms with van der Waals surface area (Å²) in [5, 5.41) is 41.5. The minimum atomic E-state index is -1.05. The molecule has 41 heavy (non-hydrogen) atoms. The van der Waals surface area contributed by atoms with Crippen LogP contribution in [0.3, 0.4) is 0 Å². The number of unbranched alkanes of at least 4 members (excludes halogenated alkanes) is 3. The summed E-state index contributed by atoms with van der Waals surface area (Å²) >= 11 is 3.22. The highest BCUT2D eigenvalue weighted by Crippen LogP contribution is 2.37. The number of non-ortho nitro benzene ring substituents is 1. The maximum atomic E-state index is 13.0. The van der Waals surface area contributed by atoms with Gasteiger partial charge in [0.25, 0.3) is 5.69 Å². The predicted octanol–water partition coefficient (Wildman–Crippen LogP) is 8.05. The van der Waals surface area contributed by atoms with E-state index in [0.717, 1.165) is 50.5 Å². The summed E-state index contributed by atoms with van der Waals surface area (Å²) < 4.78 is 0.212. The van der Waals surface area contributed by atoms with E-state index in [-0.39, 0.29) is 39.9 Å². The number of nitriles is 1. The molecule has 1 amide bonds. The molecule has 1 unspecified atom stereocenters. The Morgan fingerprint density at radius 2 is 1.90 bits per heavy atom. The Morgan fingerprint density at radius 1 is 1.17 bits per heavy atom. The number of nitrogens with zero attached hydrogens (tertiary/aromatic N) is 5. The van der Waals surface area contributed by atoms with Crippen LogP contribution in [0.1, 0.15) is 64.9 Å². The highest BCUT2D eigenvalue weighted by Gasteiger charge is 2.21. The molecule has 12 heteroatoms. The second kappa shape index (κ2) is 16.9. The Labute approximate surface area is 248 Å². The third kappa shape index (κ3) is 10.1. The first-order valence-electron chi connectivity index (χ1n) is 13.5. The summed E-state index contributed by atoms with van der Waals surface area (Å²) in [4.78, 5) is 37.5. The van der Waals surface area contributed by atoms with Crippen LogP contribution in [-0.4, -0.2) is 35.0 Å². The van der Waals surface area contributed by atoms with Gasteiger partial charge in [0.05, 0.1) is 26.6 Å². The lowest BCUT2D eigenvalue weighted by molar-refractivity contribution is -0.384. The lowest BCUT2D eigenvalue weighted by Crippen LogP contribution is -2.23. The first kappa shape index (κ1) is 33.1. The average Bonchev–Trinajstić information content (AvgIpc) is 2.94. The van der Waals surface area contributed by atoms with Gasteiger partial charge in [-0.25, -0.2) is 0 Å². The highest BCUT2D eigenvalue weighted by atomic mass is 79.9. The van der Waals surface area contributed by atoms with Crippen molar-refractivity contribution in [2.75, 3.05) is 23.3 Å². The number of nitro benzene ring substituents is 1. The molecule has 0 aromatic heterocycles. The van der Waals surface area contributed by atoms with Gasteiger partial charge in [0.1, 0.15) is 17.4 Å². The Balaban J connectivity index is 2.36. The SMILES string of the molecule is CCCCC/C=C/CC(CC(=O)Nc1cc(N(CC)CC)ccc1/N=N/c1c(Br)cc([N+](=O)[O-])cc1C#N)C(=O)O. The van der Waals surface area contributed by atoms with E-state index in [2.05, 4.69) is 43.3 Å². The number of aliphatic carboxylic acids is 1. The molecule has 2 aromatic rings. The lowest BCUT2D eigenvalue weighted by atomic mass is 10.0. The number of allylic oxidation sites excluding steroid dienone is 2.